The average Bonchev–Trinajstić information content (AvgIpc) is 2.81. The minimum absolute atomic E-state index is 0.0351. The molecule has 0 spiro atoms. The lowest BCUT2D eigenvalue weighted by Gasteiger charge is -2.23. The largest absolute Gasteiger partial charge is 0.306 e. The van der Waals surface area contributed by atoms with Gasteiger partial charge in [-0.15, -0.1) is 0 Å². The molecule has 0 aromatic heterocycles. The number of benzodiazepines with no additional fused rings is 1. The molecule has 0 bridgehead atoms. The van der Waals surface area contributed by atoms with Gasteiger partial charge in [-0.05, 0) is 12.1 Å². The van der Waals surface area contributed by atoms with Gasteiger partial charge in [-0.3, -0.25) is 9.79 Å². The van der Waals surface area contributed by atoms with Crippen LogP contribution < -0.4 is 4.90 Å². The number of anilines is 1. The zero-order chi connectivity index (χ0) is 17.9. The number of amides is 1. The second-order valence-electron chi connectivity index (χ2n) is 6.12. The molecule has 0 atom stereocenters. The molecule has 3 nitrogen and oxygen atoms in total. The van der Waals surface area contributed by atoms with Gasteiger partial charge < -0.3 is 4.90 Å². The molecule has 128 valence electrons. The molecule has 4 heteroatoms. The minimum atomic E-state index is -0.314. The monoisotopic (exact) mass is 344 g/mol. The van der Waals surface area contributed by atoms with Crippen molar-refractivity contribution >= 4 is 17.3 Å². The number of halogens is 1. The molecule has 0 saturated carbocycles. The van der Waals surface area contributed by atoms with E-state index >= 15 is 0 Å². The van der Waals surface area contributed by atoms with Crippen LogP contribution in [0, 0.1) is 5.82 Å². The van der Waals surface area contributed by atoms with Crippen LogP contribution in [0.3, 0.4) is 0 Å². The summed E-state index contributed by atoms with van der Waals surface area (Å²) in [7, 11) is 0. The Morgan fingerprint density at radius 3 is 2.38 bits per heavy atom. The summed E-state index contributed by atoms with van der Waals surface area (Å²) in [4.78, 5) is 18.9. The molecule has 26 heavy (non-hydrogen) atoms. The first-order chi connectivity index (χ1) is 12.7. The SMILES string of the molecule is O=C1CN=C(c2ccccc2)c2ccccc2N1Cc1ccccc1F. The van der Waals surface area contributed by atoms with Crippen LogP contribution in [0.5, 0.6) is 0 Å². The number of nitrogens with zero attached hydrogens (tertiary/aromatic N) is 2. The molecule has 1 amide bonds. The van der Waals surface area contributed by atoms with E-state index in [1.54, 1.807) is 23.1 Å². The third-order valence-corrected chi connectivity index (χ3v) is 4.46. The van der Waals surface area contributed by atoms with E-state index in [9.17, 15) is 9.18 Å². The maximum Gasteiger partial charge on any atom is 0.248 e. The molecular weight excluding hydrogens is 327 g/mol. The van der Waals surface area contributed by atoms with Gasteiger partial charge >= 0.3 is 0 Å². The first-order valence-electron chi connectivity index (χ1n) is 8.47. The highest BCUT2D eigenvalue weighted by molar-refractivity contribution is 6.19. The Balaban J connectivity index is 1.80. The smallest absolute Gasteiger partial charge is 0.248 e. The lowest BCUT2D eigenvalue weighted by atomic mass is 10.00. The summed E-state index contributed by atoms with van der Waals surface area (Å²) in [5.41, 5.74) is 3.85. The van der Waals surface area contributed by atoms with Crippen molar-refractivity contribution in [3.05, 3.63) is 101 Å². The second-order valence-corrected chi connectivity index (χ2v) is 6.12. The fourth-order valence-electron chi connectivity index (χ4n) is 3.17. The molecule has 4 rings (SSSR count). The van der Waals surface area contributed by atoms with E-state index in [4.69, 9.17) is 0 Å². The molecular formula is C22H17FN2O. The van der Waals surface area contributed by atoms with E-state index in [0.717, 1.165) is 22.5 Å². The number of rotatable bonds is 3. The normalized spacial score (nSPS) is 13.8. The zero-order valence-electron chi connectivity index (χ0n) is 14.1. The lowest BCUT2D eigenvalue weighted by Crippen LogP contribution is -2.32. The Bertz CT molecular complexity index is 982. The van der Waals surface area contributed by atoms with E-state index in [2.05, 4.69) is 4.99 Å². The van der Waals surface area contributed by atoms with Crippen LogP contribution in [0.4, 0.5) is 10.1 Å². The Morgan fingerprint density at radius 1 is 0.885 bits per heavy atom. The van der Waals surface area contributed by atoms with Crippen LogP contribution in [-0.4, -0.2) is 18.2 Å². The van der Waals surface area contributed by atoms with E-state index in [1.165, 1.54) is 6.07 Å². The highest BCUT2D eigenvalue weighted by Gasteiger charge is 2.25. The number of carbonyl (C=O) groups is 1. The first kappa shape index (κ1) is 16.2. The van der Waals surface area contributed by atoms with Crippen molar-refractivity contribution in [3.8, 4) is 0 Å². The molecule has 0 fully saturated rings. The van der Waals surface area contributed by atoms with Crippen molar-refractivity contribution in [1.29, 1.82) is 0 Å². The molecule has 0 aliphatic carbocycles. The van der Waals surface area contributed by atoms with E-state index in [1.807, 2.05) is 54.6 Å². The molecule has 1 aliphatic rings. The summed E-state index contributed by atoms with van der Waals surface area (Å²) in [5.74, 6) is -0.460. The molecule has 0 N–H and O–H groups in total. The number of para-hydroxylation sites is 1. The Hall–Kier alpha value is -3.27. The van der Waals surface area contributed by atoms with Crippen LogP contribution in [0.15, 0.2) is 83.9 Å². The van der Waals surface area contributed by atoms with E-state index in [0.29, 0.717) is 5.56 Å². The van der Waals surface area contributed by atoms with Crippen LogP contribution in [0.2, 0.25) is 0 Å². The summed E-state index contributed by atoms with van der Waals surface area (Å²) >= 11 is 0. The summed E-state index contributed by atoms with van der Waals surface area (Å²) < 4.78 is 14.1. The summed E-state index contributed by atoms with van der Waals surface area (Å²) in [5, 5.41) is 0. The first-order valence-corrected chi connectivity index (χ1v) is 8.47. The van der Waals surface area contributed by atoms with Gasteiger partial charge in [0.15, 0.2) is 0 Å². The number of hydrogen-bond acceptors (Lipinski definition) is 2. The molecule has 1 aliphatic heterocycles. The number of carbonyl (C=O) groups excluding carboxylic acids is 1. The van der Waals surface area contributed by atoms with Crippen molar-refractivity contribution in [3.63, 3.8) is 0 Å². The van der Waals surface area contributed by atoms with Gasteiger partial charge in [0.1, 0.15) is 12.4 Å². The number of fused-ring (bicyclic) bond motifs is 1. The van der Waals surface area contributed by atoms with Gasteiger partial charge in [0.05, 0.1) is 17.9 Å². The highest BCUT2D eigenvalue weighted by atomic mass is 19.1. The Kier molecular flexibility index (Phi) is 4.32. The molecule has 0 radical (unpaired) electrons. The van der Waals surface area contributed by atoms with Crippen molar-refractivity contribution in [2.45, 2.75) is 6.54 Å². The third kappa shape index (κ3) is 3.02. The Morgan fingerprint density at radius 2 is 1.58 bits per heavy atom. The zero-order valence-corrected chi connectivity index (χ0v) is 14.1. The maximum atomic E-state index is 14.1. The average molecular weight is 344 g/mol. The number of aliphatic imine (C=N–C) groups is 1. The third-order valence-electron chi connectivity index (χ3n) is 4.46. The molecule has 3 aromatic rings. The number of hydrogen-bond donors (Lipinski definition) is 0. The molecule has 0 saturated heterocycles. The number of benzene rings is 3. The second kappa shape index (κ2) is 6.92. The maximum absolute atomic E-state index is 14.1. The van der Waals surface area contributed by atoms with Crippen molar-refractivity contribution in [1.82, 2.24) is 0 Å². The van der Waals surface area contributed by atoms with Gasteiger partial charge in [0.2, 0.25) is 5.91 Å². The van der Waals surface area contributed by atoms with Crippen molar-refractivity contribution in [2.24, 2.45) is 4.99 Å². The van der Waals surface area contributed by atoms with Crippen LogP contribution in [0.25, 0.3) is 0 Å². The Labute approximate surface area is 151 Å². The topological polar surface area (TPSA) is 32.7 Å². The van der Waals surface area contributed by atoms with Gasteiger partial charge in [0, 0.05) is 16.7 Å². The predicted octanol–water partition coefficient (Wildman–Crippen LogP) is 4.21. The summed E-state index contributed by atoms with van der Waals surface area (Å²) in [6.45, 7) is 0.216. The van der Waals surface area contributed by atoms with Crippen LogP contribution >= 0.6 is 0 Å². The van der Waals surface area contributed by atoms with Crippen molar-refractivity contribution < 1.29 is 9.18 Å². The summed E-state index contributed by atoms with van der Waals surface area (Å²) in [6, 6.07) is 24.0. The van der Waals surface area contributed by atoms with Gasteiger partial charge in [0.25, 0.3) is 0 Å². The lowest BCUT2D eigenvalue weighted by molar-refractivity contribution is -0.117. The van der Waals surface area contributed by atoms with Crippen LogP contribution in [-0.2, 0) is 11.3 Å². The minimum Gasteiger partial charge on any atom is -0.306 e. The quantitative estimate of drug-likeness (QED) is 0.700. The fourth-order valence-corrected chi connectivity index (χ4v) is 3.17. The van der Waals surface area contributed by atoms with E-state index in [-0.39, 0.29) is 24.8 Å². The van der Waals surface area contributed by atoms with E-state index < -0.39 is 0 Å². The van der Waals surface area contributed by atoms with Crippen LogP contribution in [0.1, 0.15) is 16.7 Å². The molecule has 3 aromatic carbocycles. The van der Waals surface area contributed by atoms with Gasteiger partial charge in [-0.25, -0.2) is 4.39 Å². The van der Waals surface area contributed by atoms with Gasteiger partial charge in [-0.1, -0.05) is 66.7 Å². The predicted molar refractivity (Wildman–Crippen MR) is 101 cm³/mol. The fraction of sp³-hybridized carbons (Fsp3) is 0.0909. The molecule has 1 heterocycles. The molecule has 0 unspecified atom stereocenters. The standard InChI is InChI=1S/C22H17FN2O/c23-19-12-6-4-10-17(19)15-25-20-13-7-5-11-18(20)22(24-14-21(25)26)16-8-2-1-3-9-16/h1-13H,14-15H2. The summed E-state index contributed by atoms with van der Waals surface area (Å²) in [6.07, 6.45) is 0. The van der Waals surface area contributed by atoms with Crippen molar-refractivity contribution in [2.75, 3.05) is 11.4 Å². The highest BCUT2D eigenvalue weighted by Crippen LogP contribution is 2.28. The van der Waals surface area contributed by atoms with Gasteiger partial charge in [-0.2, -0.15) is 0 Å².